The van der Waals surface area contributed by atoms with Crippen LogP contribution in [0.2, 0.25) is 0 Å². The Hall–Kier alpha value is -1.10. The number of hydrogen-bond donors (Lipinski definition) is 2. The second-order valence-corrected chi connectivity index (χ2v) is 7.08. The van der Waals surface area contributed by atoms with Crippen LogP contribution in [0.25, 0.3) is 0 Å². The van der Waals surface area contributed by atoms with Crippen LogP contribution in [0.5, 0.6) is 0 Å². The molecule has 3 aliphatic rings. The van der Waals surface area contributed by atoms with Gasteiger partial charge in [-0.05, 0) is 37.5 Å². The van der Waals surface area contributed by atoms with Crippen LogP contribution < -0.4 is 5.32 Å². The highest BCUT2D eigenvalue weighted by Crippen LogP contribution is 2.48. The van der Waals surface area contributed by atoms with Gasteiger partial charge in [0.05, 0.1) is 5.92 Å². The highest BCUT2D eigenvalue weighted by Gasteiger charge is 2.43. The van der Waals surface area contributed by atoms with Crippen LogP contribution in [0.3, 0.4) is 0 Å². The number of carbonyl (C=O) groups excluding carboxylic acids is 2. The smallest absolute Gasteiger partial charge is 0.225 e. The van der Waals surface area contributed by atoms with Crippen molar-refractivity contribution >= 4 is 11.8 Å². The number of amides is 2. The molecule has 0 aromatic heterocycles. The Balaban J connectivity index is 1.48. The maximum atomic E-state index is 12.3. The van der Waals surface area contributed by atoms with Crippen molar-refractivity contribution < 1.29 is 14.7 Å². The molecular formula is C16H26N2O3. The summed E-state index contributed by atoms with van der Waals surface area (Å²) in [4.78, 5) is 26.3. The minimum Gasteiger partial charge on any atom is -0.396 e. The van der Waals surface area contributed by atoms with Crippen LogP contribution in [-0.4, -0.2) is 47.6 Å². The van der Waals surface area contributed by atoms with Gasteiger partial charge in [0.2, 0.25) is 11.8 Å². The Labute approximate surface area is 126 Å². The number of rotatable bonds is 6. The van der Waals surface area contributed by atoms with Crippen molar-refractivity contribution in [2.75, 3.05) is 19.7 Å². The average molecular weight is 294 g/mol. The third-order valence-electron chi connectivity index (χ3n) is 5.53. The van der Waals surface area contributed by atoms with Gasteiger partial charge >= 0.3 is 0 Å². The van der Waals surface area contributed by atoms with Gasteiger partial charge in [-0.2, -0.15) is 0 Å². The predicted octanol–water partition coefficient (Wildman–Crippen LogP) is 1.06. The van der Waals surface area contributed by atoms with E-state index in [2.05, 4.69) is 5.32 Å². The summed E-state index contributed by atoms with van der Waals surface area (Å²) in [5, 5.41) is 12.1. The van der Waals surface area contributed by atoms with Crippen LogP contribution >= 0.6 is 0 Å². The standard InChI is InChI=1S/C16H26N2O3/c19-8-7-16(5-6-16)11-17-15(21)12-9-14(20)18(10-12)13-3-1-2-4-13/h12-13,19H,1-11H2,(H,17,21). The molecule has 1 aliphatic heterocycles. The molecule has 3 rings (SSSR count). The fraction of sp³-hybridized carbons (Fsp3) is 0.875. The minimum atomic E-state index is -0.178. The van der Waals surface area contributed by atoms with Gasteiger partial charge in [0.25, 0.3) is 0 Å². The first-order chi connectivity index (χ1) is 10.1. The molecule has 21 heavy (non-hydrogen) atoms. The average Bonchev–Trinajstić information content (AvgIpc) is 2.90. The second kappa shape index (κ2) is 5.95. The molecule has 5 heteroatoms. The largest absolute Gasteiger partial charge is 0.396 e. The Kier molecular flexibility index (Phi) is 4.20. The number of nitrogens with one attached hydrogen (secondary N) is 1. The normalized spacial score (nSPS) is 28.1. The van der Waals surface area contributed by atoms with E-state index in [4.69, 9.17) is 5.11 Å². The maximum absolute atomic E-state index is 12.3. The first-order valence-corrected chi connectivity index (χ1v) is 8.32. The summed E-state index contributed by atoms with van der Waals surface area (Å²) in [7, 11) is 0. The maximum Gasteiger partial charge on any atom is 0.225 e. The van der Waals surface area contributed by atoms with E-state index in [0.717, 1.165) is 32.1 Å². The van der Waals surface area contributed by atoms with Crippen LogP contribution in [0, 0.1) is 11.3 Å². The van der Waals surface area contributed by atoms with E-state index in [0.29, 0.717) is 25.6 Å². The van der Waals surface area contributed by atoms with Crippen LogP contribution in [-0.2, 0) is 9.59 Å². The van der Waals surface area contributed by atoms with Crippen molar-refractivity contribution in [1.29, 1.82) is 0 Å². The molecule has 0 aromatic rings. The third-order valence-corrected chi connectivity index (χ3v) is 5.53. The highest BCUT2D eigenvalue weighted by molar-refractivity contribution is 5.89. The summed E-state index contributed by atoms with van der Waals surface area (Å²) >= 11 is 0. The van der Waals surface area contributed by atoms with Crippen molar-refractivity contribution in [3.05, 3.63) is 0 Å². The van der Waals surface area contributed by atoms with Crippen molar-refractivity contribution in [2.45, 2.75) is 57.4 Å². The zero-order valence-electron chi connectivity index (χ0n) is 12.6. The number of nitrogens with zero attached hydrogens (tertiary/aromatic N) is 1. The van der Waals surface area contributed by atoms with Gasteiger partial charge in [-0.25, -0.2) is 0 Å². The first-order valence-electron chi connectivity index (χ1n) is 8.32. The third kappa shape index (κ3) is 3.23. The molecule has 0 aromatic carbocycles. The van der Waals surface area contributed by atoms with Crippen LogP contribution in [0.4, 0.5) is 0 Å². The van der Waals surface area contributed by atoms with Crippen molar-refractivity contribution in [1.82, 2.24) is 10.2 Å². The minimum absolute atomic E-state index is 0.0214. The van der Waals surface area contributed by atoms with Gasteiger partial charge in [0.15, 0.2) is 0 Å². The lowest BCUT2D eigenvalue weighted by molar-refractivity contribution is -0.130. The molecule has 0 bridgehead atoms. The SMILES string of the molecule is O=C(NCC1(CCO)CC1)C1CC(=O)N(C2CCCC2)C1. The molecule has 0 radical (unpaired) electrons. The molecule has 2 N–H and O–H groups in total. The van der Waals surface area contributed by atoms with Gasteiger partial charge in [-0.3, -0.25) is 9.59 Å². The summed E-state index contributed by atoms with van der Waals surface area (Å²) in [6, 6.07) is 0.375. The van der Waals surface area contributed by atoms with E-state index in [1.807, 2.05) is 4.90 Å². The van der Waals surface area contributed by atoms with Crippen molar-refractivity contribution in [3.8, 4) is 0 Å². The summed E-state index contributed by atoms with van der Waals surface area (Å²) in [5.74, 6) is -0.00497. The zero-order valence-corrected chi connectivity index (χ0v) is 12.6. The molecule has 1 atom stereocenters. The molecule has 3 fully saturated rings. The van der Waals surface area contributed by atoms with E-state index in [1.54, 1.807) is 0 Å². The summed E-state index contributed by atoms with van der Waals surface area (Å²) < 4.78 is 0. The Morgan fingerprint density at radius 1 is 1.33 bits per heavy atom. The van der Waals surface area contributed by atoms with Gasteiger partial charge < -0.3 is 15.3 Å². The number of aliphatic hydroxyl groups excluding tert-OH is 1. The van der Waals surface area contributed by atoms with E-state index >= 15 is 0 Å². The van der Waals surface area contributed by atoms with Gasteiger partial charge in [-0.15, -0.1) is 0 Å². The highest BCUT2D eigenvalue weighted by atomic mass is 16.3. The lowest BCUT2D eigenvalue weighted by Crippen LogP contribution is -2.38. The first kappa shape index (κ1) is 14.8. The van der Waals surface area contributed by atoms with Crippen LogP contribution in [0.15, 0.2) is 0 Å². The lowest BCUT2D eigenvalue weighted by atomic mass is 10.0. The molecule has 5 nitrogen and oxygen atoms in total. The molecule has 2 amide bonds. The van der Waals surface area contributed by atoms with Crippen LogP contribution in [0.1, 0.15) is 51.4 Å². The predicted molar refractivity (Wildman–Crippen MR) is 78.5 cm³/mol. The number of carbonyl (C=O) groups is 2. The molecular weight excluding hydrogens is 268 g/mol. The second-order valence-electron chi connectivity index (χ2n) is 7.08. The molecule has 1 heterocycles. The fourth-order valence-corrected chi connectivity index (χ4v) is 3.82. The molecule has 1 saturated heterocycles. The van der Waals surface area contributed by atoms with Crippen molar-refractivity contribution in [2.24, 2.45) is 11.3 Å². The fourth-order valence-electron chi connectivity index (χ4n) is 3.82. The van der Waals surface area contributed by atoms with Gasteiger partial charge in [0.1, 0.15) is 0 Å². The number of hydrogen-bond acceptors (Lipinski definition) is 3. The van der Waals surface area contributed by atoms with E-state index in [9.17, 15) is 9.59 Å². The van der Waals surface area contributed by atoms with E-state index in [-0.39, 0.29) is 29.8 Å². The monoisotopic (exact) mass is 294 g/mol. The van der Waals surface area contributed by atoms with Gasteiger partial charge in [0, 0.05) is 32.2 Å². The van der Waals surface area contributed by atoms with E-state index in [1.165, 1.54) is 12.8 Å². The Morgan fingerprint density at radius 3 is 2.67 bits per heavy atom. The topological polar surface area (TPSA) is 69.6 Å². The lowest BCUT2D eigenvalue weighted by Gasteiger charge is -2.24. The van der Waals surface area contributed by atoms with E-state index < -0.39 is 0 Å². The zero-order chi connectivity index (χ0) is 14.9. The number of likely N-dealkylation sites (tertiary alicyclic amines) is 1. The molecule has 1 unspecified atom stereocenters. The van der Waals surface area contributed by atoms with Gasteiger partial charge in [-0.1, -0.05) is 12.8 Å². The molecule has 2 aliphatic carbocycles. The Bertz CT molecular complexity index is 414. The quantitative estimate of drug-likeness (QED) is 0.769. The van der Waals surface area contributed by atoms with Crippen molar-refractivity contribution in [3.63, 3.8) is 0 Å². The summed E-state index contributed by atoms with van der Waals surface area (Å²) in [6.07, 6.45) is 7.92. The summed E-state index contributed by atoms with van der Waals surface area (Å²) in [6.45, 7) is 1.44. The number of aliphatic hydroxyl groups is 1. The Morgan fingerprint density at radius 2 is 2.05 bits per heavy atom. The molecule has 0 spiro atoms. The molecule has 2 saturated carbocycles. The molecule has 118 valence electrons. The summed E-state index contributed by atoms with van der Waals surface area (Å²) in [5.41, 5.74) is 0.137.